The highest BCUT2D eigenvalue weighted by Gasteiger charge is 2.26. The Balaban J connectivity index is 1.54. The number of amides is 1. The maximum atomic E-state index is 12.6. The van der Waals surface area contributed by atoms with Crippen molar-refractivity contribution in [3.63, 3.8) is 0 Å². The molecule has 0 aromatic heterocycles. The molecule has 1 saturated heterocycles. The summed E-state index contributed by atoms with van der Waals surface area (Å²) in [6, 6.07) is 15.3. The lowest BCUT2D eigenvalue weighted by atomic mass is 10.0. The molecule has 27 heavy (non-hydrogen) atoms. The second-order valence-corrected chi connectivity index (χ2v) is 7.45. The van der Waals surface area contributed by atoms with Gasteiger partial charge in [-0.05, 0) is 42.7 Å². The third kappa shape index (κ3) is 4.61. The van der Waals surface area contributed by atoms with Crippen LogP contribution < -0.4 is 10.2 Å². The van der Waals surface area contributed by atoms with E-state index in [4.69, 9.17) is 0 Å². The smallest absolute Gasteiger partial charge is 0.241 e. The molecule has 2 N–H and O–H groups in total. The molecule has 1 fully saturated rings. The molecule has 1 heterocycles. The second kappa shape index (κ2) is 8.44. The molecule has 0 aliphatic carbocycles. The highest BCUT2D eigenvalue weighted by atomic mass is 16.3. The van der Waals surface area contributed by atoms with Crippen molar-refractivity contribution < 1.29 is 9.90 Å². The number of nitrogens with zero attached hydrogens (tertiary/aromatic N) is 2. The molecule has 2 aromatic rings. The van der Waals surface area contributed by atoms with Gasteiger partial charge in [-0.3, -0.25) is 9.69 Å². The number of benzene rings is 2. The maximum absolute atomic E-state index is 12.6. The molecule has 1 amide bonds. The van der Waals surface area contributed by atoms with Gasteiger partial charge in [0.15, 0.2) is 0 Å². The van der Waals surface area contributed by atoms with Crippen LogP contribution in [0.4, 0.5) is 11.4 Å². The number of anilines is 2. The molecule has 1 aliphatic heterocycles. The average molecular weight is 367 g/mol. The molecular formula is C22H29N3O2. The Morgan fingerprint density at radius 2 is 1.59 bits per heavy atom. The van der Waals surface area contributed by atoms with Crippen LogP contribution in [-0.2, 0) is 4.79 Å². The molecule has 0 bridgehead atoms. The molecule has 5 heteroatoms. The number of carbonyl (C=O) groups is 1. The van der Waals surface area contributed by atoms with Gasteiger partial charge >= 0.3 is 0 Å². The average Bonchev–Trinajstić information content (AvgIpc) is 2.68. The van der Waals surface area contributed by atoms with Crippen LogP contribution >= 0.6 is 0 Å². The maximum Gasteiger partial charge on any atom is 0.241 e. The van der Waals surface area contributed by atoms with Crippen molar-refractivity contribution in [2.45, 2.75) is 32.7 Å². The molecule has 0 saturated carbocycles. The van der Waals surface area contributed by atoms with Gasteiger partial charge in [0.05, 0.1) is 11.7 Å². The monoisotopic (exact) mass is 367 g/mol. The summed E-state index contributed by atoms with van der Waals surface area (Å²) in [6.07, 6.45) is 0. The van der Waals surface area contributed by atoms with E-state index in [-0.39, 0.29) is 11.9 Å². The fourth-order valence-electron chi connectivity index (χ4n) is 3.45. The molecule has 3 rings (SSSR count). The fourth-order valence-corrected chi connectivity index (χ4v) is 3.45. The topological polar surface area (TPSA) is 55.8 Å². The summed E-state index contributed by atoms with van der Waals surface area (Å²) in [5.74, 6) is 0.805. The van der Waals surface area contributed by atoms with Crippen LogP contribution in [-0.4, -0.2) is 48.1 Å². The van der Waals surface area contributed by atoms with Crippen LogP contribution in [0.15, 0.2) is 48.5 Å². The summed E-state index contributed by atoms with van der Waals surface area (Å²) in [5.41, 5.74) is 2.96. The molecule has 1 atom stereocenters. The fraction of sp³-hybridized carbons (Fsp3) is 0.409. The number of phenols is 1. The zero-order valence-electron chi connectivity index (χ0n) is 16.4. The van der Waals surface area contributed by atoms with Crippen molar-refractivity contribution in [2.75, 3.05) is 36.4 Å². The first-order valence-electron chi connectivity index (χ1n) is 9.63. The van der Waals surface area contributed by atoms with Crippen molar-refractivity contribution >= 4 is 17.3 Å². The van der Waals surface area contributed by atoms with Gasteiger partial charge in [0.1, 0.15) is 5.75 Å². The van der Waals surface area contributed by atoms with Crippen molar-refractivity contribution in [1.29, 1.82) is 0 Å². The highest BCUT2D eigenvalue weighted by Crippen LogP contribution is 2.27. The summed E-state index contributed by atoms with van der Waals surface area (Å²) in [4.78, 5) is 17.0. The van der Waals surface area contributed by atoms with E-state index in [0.717, 1.165) is 37.6 Å². The summed E-state index contributed by atoms with van der Waals surface area (Å²) in [6.45, 7) is 9.42. The number of hydrogen-bond donors (Lipinski definition) is 2. The Kier molecular flexibility index (Phi) is 6.01. The van der Waals surface area contributed by atoms with Crippen LogP contribution in [0.5, 0.6) is 5.75 Å². The predicted molar refractivity (Wildman–Crippen MR) is 111 cm³/mol. The van der Waals surface area contributed by atoms with Gasteiger partial charge in [-0.2, -0.15) is 0 Å². The normalized spacial score (nSPS) is 16.4. The van der Waals surface area contributed by atoms with Gasteiger partial charge in [-0.1, -0.05) is 38.1 Å². The predicted octanol–water partition coefficient (Wildman–Crippen LogP) is 3.66. The van der Waals surface area contributed by atoms with E-state index in [1.807, 2.05) is 37.3 Å². The van der Waals surface area contributed by atoms with E-state index in [2.05, 4.69) is 41.1 Å². The minimum atomic E-state index is -0.193. The SMILES string of the molecule is CC(C)c1ccc(NC(=O)[C@@H](C)N2CCN(c3ccccc3O)CC2)cc1. The number of hydrogen-bond acceptors (Lipinski definition) is 4. The lowest BCUT2D eigenvalue weighted by Gasteiger charge is -2.38. The third-order valence-electron chi connectivity index (χ3n) is 5.31. The minimum absolute atomic E-state index is 0.0169. The van der Waals surface area contributed by atoms with Gasteiger partial charge in [0.25, 0.3) is 0 Å². The van der Waals surface area contributed by atoms with E-state index in [0.29, 0.717) is 11.7 Å². The van der Waals surface area contributed by atoms with Gasteiger partial charge in [-0.25, -0.2) is 0 Å². The number of carbonyl (C=O) groups excluding carboxylic acids is 1. The van der Waals surface area contributed by atoms with Crippen molar-refractivity contribution in [3.8, 4) is 5.75 Å². The molecule has 0 radical (unpaired) electrons. The lowest BCUT2D eigenvalue weighted by molar-refractivity contribution is -0.120. The molecular weight excluding hydrogens is 338 g/mol. The summed E-state index contributed by atoms with van der Waals surface area (Å²) < 4.78 is 0. The zero-order valence-corrected chi connectivity index (χ0v) is 16.4. The number of rotatable bonds is 5. The molecule has 1 aliphatic rings. The molecule has 5 nitrogen and oxygen atoms in total. The largest absolute Gasteiger partial charge is 0.506 e. The highest BCUT2D eigenvalue weighted by molar-refractivity contribution is 5.94. The summed E-state index contributed by atoms with van der Waals surface area (Å²) in [7, 11) is 0. The zero-order chi connectivity index (χ0) is 19.4. The van der Waals surface area contributed by atoms with E-state index in [1.165, 1.54) is 5.56 Å². The number of phenolic OH excluding ortho intramolecular Hbond substituents is 1. The Morgan fingerprint density at radius 1 is 0.963 bits per heavy atom. The van der Waals surface area contributed by atoms with Gasteiger partial charge in [0, 0.05) is 31.9 Å². The summed E-state index contributed by atoms with van der Waals surface area (Å²) >= 11 is 0. The van der Waals surface area contributed by atoms with Crippen LogP contribution in [0.2, 0.25) is 0 Å². The Morgan fingerprint density at radius 3 is 2.19 bits per heavy atom. The number of aromatic hydroxyl groups is 1. The first-order valence-corrected chi connectivity index (χ1v) is 9.63. The first kappa shape index (κ1) is 19.2. The minimum Gasteiger partial charge on any atom is -0.506 e. The standard InChI is InChI=1S/C22H29N3O2/c1-16(2)18-8-10-19(11-9-18)23-22(27)17(3)24-12-14-25(15-13-24)20-6-4-5-7-21(20)26/h4-11,16-17,26H,12-15H2,1-3H3,(H,23,27)/t17-/m1/s1. The second-order valence-electron chi connectivity index (χ2n) is 7.45. The Hall–Kier alpha value is -2.53. The quantitative estimate of drug-likeness (QED) is 0.847. The van der Waals surface area contributed by atoms with Gasteiger partial charge < -0.3 is 15.3 Å². The first-order chi connectivity index (χ1) is 13.0. The van der Waals surface area contributed by atoms with Crippen LogP contribution in [0.1, 0.15) is 32.3 Å². The van der Waals surface area contributed by atoms with Gasteiger partial charge in [0.2, 0.25) is 5.91 Å². The lowest BCUT2D eigenvalue weighted by Crippen LogP contribution is -2.52. The number of piperazine rings is 1. The molecule has 0 unspecified atom stereocenters. The van der Waals surface area contributed by atoms with E-state index >= 15 is 0 Å². The molecule has 144 valence electrons. The van der Waals surface area contributed by atoms with Crippen LogP contribution in [0.3, 0.4) is 0 Å². The van der Waals surface area contributed by atoms with E-state index in [1.54, 1.807) is 6.07 Å². The van der Waals surface area contributed by atoms with Crippen LogP contribution in [0.25, 0.3) is 0 Å². The number of para-hydroxylation sites is 2. The Bertz CT molecular complexity index is 765. The van der Waals surface area contributed by atoms with Crippen molar-refractivity contribution in [3.05, 3.63) is 54.1 Å². The van der Waals surface area contributed by atoms with E-state index in [9.17, 15) is 9.90 Å². The van der Waals surface area contributed by atoms with E-state index < -0.39 is 0 Å². The van der Waals surface area contributed by atoms with Crippen LogP contribution in [0, 0.1) is 0 Å². The number of nitrogens with one attached hydrogen (secondary N) is 1. The van der Waals surface area contributed by atoms with Gasteiger partial charge in [-0.15, -0.1) is 0 Å². The van der Waals surface area contributed by atoms with Crippen molar-refractivity contribution in [2.24, 2.45) is 0 Å². The Labute approximate surface area is 161 Å². The third-order valence-corrected chi connectivity index (χ3v) is 5.31. The van der Waals surface area contributed by atoms with Crippen molar-refractivity contribution in [1.82, 2.24) is 4.90 Å². The molecule has 0 spiro atoms. The summed E-state index contributed by atoms with van der Waals surface area (Å²) in [5, 5.41) is 13.0. The molecule has 2 aromatic carbocycles.